The van der Waals surface area contributed by atoms with Crippen LogP contribution in [0.1, 0.15) is 30.8 Å². The number of aromatic nitrogens is 5. The molecule has 2 aromatic rings. The molecule has 9 nitrogen and oxygen atoms in total. The number of nitrogens with zero attached hydrogens (tertiary/aromatic N) is 7. The number of carbonyl (C=O) groups is 1. The SMILES string of the molecule is O=C(N1CCCC1)N1CCCn2c(nc(Cn3cncn3)cc2=O)C1. The number of rotatable bonds is 2. The van der Waals surface area contributed by atoms with Crippen LogP contribution in [-0.2, 0) is 19.6 Å². The van der Waals surface area contributed by atoms with E-state index in [2.05, 4.69) is 15.1 Å². The van der Waals surface area contributed by atoms with Gasteiger partial charge in [0.1, 0.15) is 18.5 Å². The van der Waals surface area contributed by atoms with Gasteiger partial charge in [0.2, 0.25) is 0 Å². The van der Waals surface area contributed by atoms with Crippen molar-refractivity contribution in [3.63, 3.8) is 0 Å². The molecule has 132 valence electrons. The highest BCUT2D eigenvalue weighted by atomic mass is 16.2. The van der Waals surface area contributed by atoms with E-state index in [9.17, 15) is 9.59 Å². The van der Waals surface area contributed by atoms with Gasteiger partial charge in [-0.3, -0.25) is 9.36 Å². The lowest BCUT2D eigenvalue weighted by atomic mass is 10.3. The van der Waals surface area contributed by atoms with E-state index < -0.39 is 0 Å². The summed E-state index contributed by atoms with van der Waals surface area (Å²) in [5.41, 5.74) is 0.563. The van der Waals surface area contributed by atoms with E-state index in [4.69, 9.17) is 0 Å². The van der Waals surface area contributed by atoms with Gasteiger partial charge in [-0.2, -0.15) is 5.10 Å². The topological polar surface area (TPSA) is 89.2 Å². The number of hydrogen-bond donors (Lipinski definition) is 0. The molecule has 0 radical (unpaired) electrons. The summed E-state index contributed by atoms with van der Waals surface area (Å²) >= 11 is 0. The van der Waals surface area contributed by atoms with Gasteiger partial charge in [-0.15, -0.1) is 0 Å². The predicted octanol–water partition coefficient (Wildman–Crippen LogP) is 0.305. The maximum Gasteiger partial charge on any atom is 0.320 e. The van der Waals surface area contributed by atoms with Crippen molar-refractivity contribution in [2.75, 3.05) is 19.6 Å². The Kier molecular flexibility index (Phi) is 4.21. The minimum Gasteiger partial charge on any atom is -0.325 e. The van der Waals surface area contributed by atoms with Gasteiger partial charge < -0.3 is 9.80 Å². The quantitative estimate of drug-likeness (QED) is 0.783. The van der Waals surface area contributed by atoms with Gasteiger partial charge in [0.25, 0.3) is 5.56 Å². The van der Waals surface area contributed by atoms with Gasteiger partial charge in [0.15, 0.2) is 0 Å². The molecule has 0 aliphatic carbocycles. The lowest BCUT2D eigenvalue weighted by Crippen LogP contribution is -2.41. The molecule has 2 aromatic heterocycles. The van der Waals surface area contributed by atoms with Crippen LogP contribution in [0.4, 0.5) is 4.79 Å². The Hall–Kier alpha value is -2.71. The molecule has 0 saturated carbocycles. The molecule has 1 saturated heterocycles. The molecule has 25 heavy (non-hydrogen) atoms. The summed E-state index contributed by atoms with van der Waals surface area (Å²) in [5.74, 6) is 0.646. The second kappa shape index (κ2) is 6.66. The van der Waals surface area contributed by atoms with Crippen LogP contribution in [-0.4, -0.2) is 59.8 Å². The highest BCUT2D eigenvalue weighted by Crippen LogP contribution is 2.15. The Bertz CT molecular complexity index is 808. The molecule has 2 aliphatic heterocycles. The van der Waals surface area contributed by atoms with Crippen LogP contribution < -0.4 is 5.56 Å². The molecule has 4 heterocycles. The second-order valence-electron chi connectivity index (χ2n) is 6.50. The molecule has 0 N–H and O–H groups in total. The van der Waals surface area contributed by atoms with Gasteiger partial charge in [-0.05, 0) is 19.3 Å². The number of likely N-dealkylation sites (tertiary alicyclic amines) is 1. The zero-order chi connectivity index (χ0) is 17.2. The Morgan fingerprint density at radius 3 is 2.64 bits per heavy atom. The minimum absolute atomic E-state index is 0.0573. The Balaban J connectivity index is 1.59. The van der Waals surface area contributed by atoms with E-state index in [0.717, 1.165) is 32.4 Å². The van der Waals surface area contributed by atoms with Crippen molar-refractivity contribution in [3.8, 4) is 0 Å². The molecular formula is C16H21N7O2. The van der Waals surface area contributed by atoms with E-state index in [1.165, 1.54) is 6.33 Å². The molecule has 4 rings (SSSR count). The smallest absolute Gasteiger partial charge is 0.320 e. The fourth-order valence-electron chi connectivity index (χ4n) is 3.47. The summed E-state index contributed by atoms with van der Waals surface area (Å²) in [6.45, 7) is 3.65. The van der Waals surface area contributed by atoms with Gasteiger partial charge in [-0.1, -0.05) is 0 Å². The van der Waals surface area contributed by atoms with E-state index in [1.54, 1.807) is 21.6 Å². The molecule has 0 bridgehead atoms. The first-order valence-corrected chi connectivity index (χ1v) is 8.66. The van der Waals surface area contributed by atoms with Crippen LogP contribution in [0.25, 0.3) is 0 Å². The lowest BCUT2D eigenvalue weighted by molar-refractivity contribution is 0.160. The third kappa shape index (κ3) is 3.26. The second-order valence-corrected chi connectivity index (χ2v) is 6.50. The Labute approximate surface area is 144 Å². The monoisotopic (exact) mass is 343 g/mol. The van der Waals surface area contributed by atoms with Crippen molar-refractivity contribution in [2.45, 2.75) is 38.9 Å². The van der Waals surface area contributed by atoms with Gasteiger partial charge in [0, 0.05) is 32.2 Å². The zero-order valence-corrected chi connectivity index (χ0v) is 14.0. The van der Waals surface area contributed by atoms with Gasteiger partial charge in [-0.25, -0.2) is 19.4 Å². The molecule has 0 spiro atoms. The Morgan fingerprint density at radius 1 is 1.08 bits per heavy atom. The third-order valence-electron chi connectivity index (χ3n) is 4.72. The summed E-state index contributed by atoms with van der Waals surface area (Å²) in [6.07, 6.45) is 5.93. The number of amides is 2. The number of hydrogen-bond acceptors (Lipinski definition) is 5. The number of fused-ring (bicyclic) bond motifs is 1. The van der Waals surface area contributed by atoms with E-state index in [-0.39, 0.29) is 11.6 Å². The van der Waals surface area contributed by atoms with Crippen molar-refractivity contribution < 1.29 is 4.79 Å². The van der Waals surface area contributed by atoms with Crippen LogP contribution in [0.15, 0.2) is 23.5 Å². The highest BCUT2D eigenvalue weighted by molar-refractivity contribution is 5.74. The van der Waals surface area contributed by atoms with Crippen LogP contribution >= 0.6 is 0 Å². The lowest BCUT2D eigenvalue weighted by Gasteiger charge is -2.26. The van der Waals surface area contributed by atoms with Crippen LogP contribution in [0.2, 0.25) is 0 Å². The molecule has 1 fully saturated rings. The highest BCUT2D eigenvalue weighted by Gasteiger charge is 2.26. The van der Waals surface area contributed by atoms with Crippen molar-refractivity contribution in [1.29, 1.82) is 0 Å². The van der Waals surface area contributed by atoms with Crippen molar-refractivity contribution in [2.24, 2.45) is 0 Å². The average Bonchev–Trinajstić information content (AvgIpc) is 3.25. The largest absolute Gasteiger partial charge is 0.325 e. The molecule has 2 aliphatic rings. The van der Waals surface area contributed by atoms with E-state index >= 15 is 0 Å². The molecule has 0 aromatic carbocycles. The average molecular weight is 343 g/mol. The summed E-state index contributed by atoms with van der Waals surface area (Å²) in [5, 5.41) is 4.05. The number of carbonyl (C=O) groups excluding carboxylic acids is 1. The normalized spacial score (nSPS) is 17.4. The third-order valence-corrected chi connectivity index (χ3v) is 4.72. The maximum atomic E-state index is 12.7. The minimum atomic E-state index is -0.0735. The molecule has 0 unspecified atom stereocenters. The predicted molar refractivity (Wildman–Crippen MR) is 88.9 cm³/mol. The molecular weight excluding hydrogens is 322 g/mol. The van der Waals surface area contributed by atoms with Crippen LogP contribution in [0.3, 0.4) is 0 Å². The number of urea groups is 1. The fraction of sp³-hybridized carbons (Fsp3) is 0.562. The van der Waals surface area contributed by atoms with E-state index in [1.807, 2.05) is 9.80 Å². The standard InChI is InChI=1S/C16H21N7O2/c24-15-8-13(9-22-12-17-11-18-22)19-14-10-21(6-3-7-23(14)15)16(25)20-4-1-2-5-20/h8,11-12H,1-7,9-10H2. The first-order chi connectivity index (χ1) is 12.2. The first-order valence-electron chi connectivity index (χ1n) is 8.66. The van der Waals surface area contributed by atoms with E-state index in [0.29, 0.717) is 37.7 Å². The first kappa shape index (κ1) is 15.8. The zero-order valence-electron chi connectivity index (χ0n) is 14.0. The van der Waals surface area contributed by atoms with Gasteiger partial charge >= 0.3 is 6.03 Å². The van der Waals surface area contributed by atoms with Crippen molar-refractivity contribution in [3.05, 3.63) is 40.6 Å². The summed E-state index contributed by atoms with van der Waals surface area (Å²) in [4.78, 5) is 37.4. The summed E-state index contributed by atoms with van der Waals surface area (Å²) in [6, 6.07) is 1.60. The van der Waals surface area contributed by atoms with Crippen LogP contribution in [0.5, 0.6) is 0 Å². The summed E-state index contributed by atoms with van der Waals surface area (Å²) in [7, 11) is 0. The van der Waals surface area contributed by atoms with Gasteiger partial charge in [0.05, 0.1) is 18.8 Å². The summed E-state index contributed by atoms with van der Waals surface area (Å²) < 4.78 is 3.31. The van der Waals surface area contributed by atoms with Crippen LogP contribution in [0, 0.1) is 0 Å². The molecule has 0 atom stereocenters. The van der Waals surface area contributed by atoms with Crippen molar-refractivity contribution in [1.82, 2.24) is 34.1 Å². The van der Waals surface area contributed by atoms with Crippen molar-refractivity contribution >= 4 is 6.03 Å². The maximum absolute atomic E-state index is 12.7. The molecule has 2 amide bonds. The fourth-order valence-corrected chi connectivity index (χ4v) is 3.47. The molecule has 9 heteroatoms. The Morgan fingerprint density at radius 2 is 1.88 bits per heavy atom.